The number of aromatic amines is 2. The van der Waals surface area contributed by atoms with Crippen LogP contribution in [-0.4, -0.2) is 113 Å². The summed E-state index contributed by atoms with van der Waals surface area (Å²) in [5.41, 5.74) is 1.20. The summed E-state index contributed by atoms with van der Waals surface area (Å²) >= 11 is 0. The summed E-state index contributed by atoms with van der Waals surface area (Å²) in [7, 11) is 0. The molecule has 1 aromatic carbocycles. The number of rotatable bonds is 13. The van der Waals surface area contributed by atoms with Crippen LogP contribution < -0.4 is 0 Å². The molecule has 0 unspecified atom stereocenters. The van der Waals surface area contributed by atoms with E-state index in [1.807, 2.05) is 37.5 Å². The first kappa shape index (κ1) is 39.1. The fourth-order valence-electron chi connectivity index (χ4n) is 7.97. The molecule has 4 atom stereocenters. The van der Waals surface area contributed by atoms with Gasteiger partial charge in [-0.2, -0.15) is 13.2 Å². The molecule has 2 amide bonds. The van der Waals surface area contributed by atoms with Crippen LogP contribution in [0.3, 0.4) is 0 Å². The van der Waals surface area contributed by atoms with Crippen molar-refractivity contribution in [1.82, 2.24) is 49.5 Å². The topological polar surface area (TPSA) is 130 Å². The van der Waals surface area contributed by atoms with E-state index < -0.39 is 17.9 Å². The lowest BCUT2D eigenvalue weighted by Crippen LogP contribution is -2.46. The molecule has 15 heteroatoms. The highest BCUT2D eigenvalue weighted by atomic mass is 19.4. The Kier molecular flexibility index (Phi) is 11.9. The van der Waals surface area contributed by atoms with Gasteiger partial charge in [-0.15, -0.1) is 0 Å². The lowest BCUT2D eigenvalue weighted by molar-refractivity contribution is -0.140. The van der Waals surface area contributed by atoms with Gasteiger partial charge in [0, 0.05) is 42.2 Å². The lowest BCUT2D eigenvalue weighted by Gasteiger charge is -2.31. The van der Waals surface area contributed by atoms with Crippen LogP contribution in [0, 0.1) is 0 Å². The second-order valence-corrected chi connectivity index (χ2v) is 14.1. The van der Waals surface area contributed by atoms with Gasteiger partial charge in [-0.3, -0.25) is 19.4 Å². The fraction of sp³-hybridized carbons (Fsp3) is 0.538. The number of carbonyl (C=O) groups excluding carboxylic acids is 2. The first-order valence-corrected chi connectivity index (χ1v) is 19.1. The molecular weight excluding hydrogens is 697 g/mol. The fourth-order valence-corrected chi connectivity index (χ4v) is 7.97. The summed E-state index contributed by atoms with van der Waals surface area (Å²) in [6.45, 7) is 16.0. The smallest absolute Gasteiger partial charge is 0.340 e. The van der Waals surface area contributed by atoms with E-state index >= 15 is 0 Å². The van der Waals surface area contributed by atoms with E-state index in [2.05, 4.69) is 48.7 Å². The van der Waals surface area contributed by atoms with Crippen LogP contribution in [0.5, 0.6) is 0 Å². The van der Waals surface area contributed by atoms with Crippen molar-refractivity contribution in [2.75, 3.05) is 39.3 Å². The van der Waals surface area contributed by atoms with Gasteiger partial charge in [0.25, 0.3) is 0 Å². The highest BCUT2D eigenvalue weighted by molar-refractivity contribution is 5.83. The number of carbonyl (C=O) groups is 2. The van der Waals surface area contributed by atoms with E-state index in [0.717, 1.165) is 37.4 Å². The Morgan fingerprint density at radius 1 is 0.741 bits per heavy atom. The number of nitrogens with zero attached hydrogens (tertiary/aromatic N) is 8. The van der Waals surface area contributed by atoms with Gasteiger partial charge in [0.05, 0.1) is 36.1 Å². The zero-order valence-electron chi connectivity index (χ0n) is 32.0. The molecule has 0 radical (unpaired) electrons. The monoisotopic (exact) mass is 748 g/mol. The van der Waals surface area contributed by atoms with Crippen molar-refractivity contribution in [2.45, 2.75) is 97.6 Å². The molecule has 2 aliphatic rings. The largest absolute Gasteiger partial charge is 0.433 e. The Morgan fingerprint density at radius 2 is 1.24 bits per heavy atom. The lowest BCUT2D eigenvalue weighted by atomic mass is 10.1. The van der Waals surface area contributed by atoms with Crippen molar-refractivity contribution in [2.24, 2.45) is 0 Å². The van der Waals surface area contributed by atoms with E-state index in [9.17, 15) is 22.8 Å². The summed E-state index contributed by atoms with van der Waals surface area (Å²) in [6.07, 6.45) is 3.34. The number of halogens is 3. The minimum atomic E-state index is -4.68. The Labute approximate surface area is 314 Å². The Morgan fingerprint density at radius 3 is 1.74 bits per heavy atom. The molecule has 2 N–H and O–H groups in total. The van der Waals surface area contributed by atoms with Gasteiger partial charge in [-0.25, -0.2) is 19.9 Å². The number of imidazole rings is 2. The molecular formula is C39H51F3N10O2. The highest BCUT2D eigenvalue weighted by Crippen LogP contribution is 2.40. The predicted molar refractivity (Wildman–Crippen MR) is 200 cm³/mol. The van der Waals surface area contributed by atoms with Crippen LogP contribution in [0.25, 0.3) is 33.9 Å². The Balaban J connectivity index is 1.18. The summed E-state index contributed by atoms with van der Waals surface area (Å²) in [5, 5.41) is 0. The van der Waals surface area contributed by atoms with Crippen molar-refractivity contribution in [1.29, 1.82) is 0 Å². The maximum atomic E-state index is 14.4. The number of hydrogen-bond acceptors (Lipinski definition) is 8. The molecule has 0 bridgehead atoms. The molecule has 54 heavy (non-hydrogen) atoms. The number of nitrogens with one attached hydrogen (secondary N) is 2. The molecule has 3 aromatic heterocycles. The SMILES string of the molecule is CCN(CC)[C@H](C)C(=O)N1CCC[C@@H]1c1ncc(-c2cnc(-c3ccc(-c4nc([C@H]5CCCN5C(=O)[C@H](C)N(CC)CC)[nH]c4C(F)(F)F)cc3)nc2)[nH]1. The van der Waals surface area contributed by atoms with Crippen LogP contribution in [0.2, 0.25) is 0 Å². The van der Waals surface area contributed by atoms with Crippen LogP contribution in [-0.2, 0) is 15.8 Å². The van der Waals surface area contributed by atoms with Gasteiger partial charge in [-0.05, 0) is 65.7 Å². The van der Waals surface area contributed by atoms with Crippen LogP contribution in [0.4, 0.5) is 13.2 Å². The molecule has 4 aromatic rings. The van der Waals surface area contributed by atoms with Gasteiger partial charge in [0.1, 0.15) is 23.0 Å². The molecule has 2 aliphatic heterocycles. The van der Waals surface area contributed by atoms with Crippen molar-refractivity contribution < 1.29 is 22.8 Å². The third-order valence-corrected chi connectivity index (χ3v) is 11.1. The molecule has 2 saturated heterocycles. The first-order chi connectivity index (χ1) is 25.9. The van der Waals surface area contributed by atoms with Gasteiger partial charge >= 0.3 is 6.18 Å². The standard InChI is InChI=1S/C39H51F3N10O2/c1-7-49(8-2)24(5)37(53)51-19-11-13-30(51)35-45-23-29(46-35)28-21-43-34(44-22-28)27-17-15-26(16-18-27)32-33(39(40,41)42)48-36(47-32)31-14-12-20-52(31)38(54)25(6)50(9-3)10-4/h15-18,21-25,30-31H,7-14,19-20H2,1-6H3,(H,45,46)(H,47,48)/t24-,25+,30-,31-/m1/s1. The van der Waals surface area contributed by atoms with Crippen molar-refractivity contribution in [3.05, 3.63) is 60.2 Å². The van der Waals surface area contributed by atoms with Gasteiger partial charge in [-0.1, -0.05) is 52.0 Å². The van der Waals surface area contributed by atoms with E-state index in [-0.39, 0.29) is 47.0 Å². The molecule has 0 saturated carbocycles. The Bertz CT molecular complexity index is 1880. The van der Waals surface area contributed by atoms with E-state index in [1.165, 1.54) is 0 Å². The molecule has 6 rings (SSSR count). The number of likely N-dealkylation sites (tertiary alicyclic amines) is 2. The molecule has 5 heterocycles. The number of aromatic nitrogens is 6. The van der Waals surface area contributed by atoms with Crippen LogP contribution in [0.15, 0.2) is 42.9 Å². The van der Waals surface area contributed by atoms with E-state index in [4.69, 9.17) is 0 Å². The second kappa shape index (κ2) is 16.4. The zero-order chi connectivity index (χ0) is 38.7. The summed E-state index contributed by atoms with van der Waals surface area (Å²) in [4.78, 5) is 58.7. The maximum absolute atomic E-state index is 14.4. The van der Waals surface area contributed by atoms with Crippen LogP contribution >= 0.6 is 0 Å². The quantitative estimate of drug-likeness (QED) is 0.154. The van der Waals surface area contributed by atoms with Gasteiger partial charge in [0.15, 0.2) is 5.82 Å². The van der Waals surface area contributed by atoms with Crippen molar-refractivity contribution in [3.63, 3.8) is 0 Å². The number of H-pyrrole nitrogens is 2. The number of alkyl halides is 3. The van der Waals surface area contributed by atoms with Crippen molar-refractivity contribution >= 4 is 11.8 Å². The molecule has 290 valence electrons. The zero-order valence-corrected chi connectivity index (χ0v) is 32.0. The minimum absolute atomic E-state index is 0.105. The molecule has 0 aliphatic carbocycles. The number of benzene rings is 1. The van der Waals surface area contributed by atoms with Gasteiger partial charge in [0.2, 0.25) is 11.8 Å². The summed E-state index contributed by atoms with van der Waals surface area (Å²) in [5.74, 6) is 1.27. The van der Waals surface area contributed by atoms with Gasteiger partial charge < -0.3 is 19.8 Å². The molecule has 12 nitrogen and oxygen atoms in total. The summed E-state index contributed by atoms with van der Waals surface area (Å²) in [6, 6.07) is 5.22. The molecule has 0 spiro atoms. The van der Waals surface area contributed by atoms with Crippen molar-refractivity contribution in [3.8, 4) is 33.9 Å². The number of amides is 2. The van der Waals surface area contributed by atoms with Crippen LogP contribution in [0.1, 0.15) is 96.7 Å². The maximum Gasteiger partial charge on any atom is 0.433 e. The van der Waals surface area contributed by atoms with E-state index in [0.29, 0.717) is 56.0 Å². The third-order valence-electron chi connectivity index (χ3n) is 11.1. The summed E-state index contributed by atoms with van der Waals surface area (Å²) < 4.78 is 43.1. The second-order valence-electron chi connectivity index (χ2n) is 14.1. The Hall–Kier alpha value is -4.63. The first-order valence-electron chi connectivity index (χ1n) is 19.1. The third kappa shape index (κ3) is 7.79. The molecule has 2 fully saturated rings. The number of hydrogen-bond donors (Lipinski definition) is 2. The highest BCUT2D eigenvalue weighted by Gasteiger charge is 2.41. The normalized spacial score (nSPS) is 18.9. The average molecular weight is 749 g/mol. The minimum Gasteiger partial charge on any atom is -0.340 e. The van der Waals surface area contributed by atoms with E-state index in [1.54, 1.807) is 47.8 Å². The average Bonchev–Trinajstić information content (AvgIpc) is 4.01. The number of likely N-dealkylation sites (N-methyl/N-ethyl adjacent to an activating group) is 2. The predicted octanol–water partition coefficient (Wildman–Crippen LogP) is 6.73.